The number of nitrogens with two attached hydrogens (primary N) is 1. The second-order valence-electron chi connectivity index (χ2n) is 5.46. The van der Waals surface area contributed by atoms with Gasteiger partial charge in [-0.25, -0.2) is 12.7 Å². The molecule has 1 fully saturated rings. The maximum atomic E-state index is 12.5. The van der Waals surface area contributed by atoms with Gasteiger partial charge in [-0.05, 0) is 37.4 Å². The molecule has 0 atom stereocenters. The Balaban J connectivity index is 0.00000176. The maximum absolute atomic E-state index is 12.5. The number of halogens is 1. The Hall–Kier alpha value is -1.15. The lowest BCUT2D eigenvalue weighted by molar-refractivity contribution is 0.278. The van der Waals surface area contributed by atoms with Gasteiger partial charge in [-0.1, -0.05) is 17.3 Å². The van der Waals surface area contributed by atoms with Crippen LogP contribution in [0.25, 0.3) is 11.0 Å². The summed E-state index contributed by atoms with van der Waals surface area (Å²) in [5.41, 5.74) is 6.73. The zero-order valence-corrected chi connectivity index (χ0v) is 13.8. The van der Waals surface area contributed by atoms with E-state index in [9.17, 15) is 8.42 Å². The number of hydrogen-bond donors (Lipinski definition) is 1. The number of fused-ring (bicyclic) bond motifs is 1. The third kappa shape index (κ3) is 3.43. The van der Waals surface area contributed by atoms with Gasteiger partial charge in [0.2, 0.25) is 10.0 Å². The summed E-state index contributed by atoms with van der Waals surface area (Å²) >= 11 is 0. The first-order valence-electron chi connectivity index (χ1n) is 7.11. The molecule has 0 radical (unpaired) electrons. The molecule has 1 aliphatic rings. The topological polar surface area (TPSA) is 89.4 Å². The summed E-state index contributed by atoms with van der Waals surface area (Å²) in [7, 11) is -3.36. The lowest BCUT2D eigenvalue weighted by Gasteiger charge is -2.30. The zero-order chi connectivity index (χ0) is 14.9. The summed E-state index contributed by atoms with van der Waals surface area (Å²) < 4.78 is 31.7. The predicted molar refractivity (Wildman–Crippen MR) is 87.2 cm³/mol. The van der Waals surface area contributed by atoms with E-state index in [0.717, 1.165) is 18.2 Å². The highest BCUT2D eigenvalue weighted by molar-refractivity contribution is 7.88. The second-order valence-corrected chi connectivity index (χ2v) is 7.43. The molecule has 1 aromatic carbocycles. The van der Waals surface area contributed by atoms with Gasteiger partial charge >= 0.3 is 0 Å². The van der Waals surface area contributed by atoms with E-state index in [4.69, 9.17) is 10.3 Å². The monoisotopic (exact) mass is 345 g/mol. The largest absolute Gasteiger partial charge is 0.356 e. The fraction of sp³-hybridized carbons (Fsp3) is 0.500. The summed E-state index contributed by atoms with van der Waals surface area (Å²) in [6, 6.07) is 7.30. The van der Waals surface area contributed by atoms with Crippen LogP contribution < -0.4 is 5.73 Å². The second kappa shape index (κ2) is 6.95. The Morgan fingerprint density at radius 2 is 1.95 bits per heavy atom. The van der Waals surface area contributed by atoms with Crippen LogP contribution in [0.4, 0.5) is 0 Å². The van der Waals surface area contributed by atoms with Crippen molar-refractivity contribution in [3.63, 3.8) is 0 Å². The van der Waals surface area contributed by atoms with Crippen LogP contribution in [0, 0.1) is 5.92 Å². The zero-order valence-electron chi connectivity index (χ0n) is 12.1. The van der Waals surface area contributed by atoms with Crippen LogP contribution in [-0.2, 0) is 15.8 Å². The van der Waals surface area contributed by atoms with Gasteiger partial charge in [0.15, 0.2) is 5.58 Å². The number of sulfonamides is 1. The number of nitrogens with zero attached hydrogens (tertiary/aromatic N) is 2. The molecule has 1 aromatic heterocycles. The number of hydrogen-bond acceptors (Lipinski definition) is 5. The van der Waals surface area contributed by atoms with E-state index in [1.165, 1.54) is 0 Å². The molecule has 0 aliphatic carbocycles. The van der Waals surface area contributed by atoms with Crippen molar-refractivity contribution in [2.24, 2.45) is 11.7 Å². The van der Waals surface area contributed by atoms with Gasteiger partial charge in [-0.2, -0.15) is 0 Å². The van der Waals surface area contributed by atoms with Crippen molar-refractivity contribution in [3.05, 3.63) is 30.0 Å². The summed E-state index contributed by atoms with van der Waals surface area (Å²) in [4.78, 5) is 0. The van der Waals surface area contributed by atoms with Gasteiger partial charge in [0.25, 0.3) is 0 Å². The van der Waals surface area contributed by atoms with Crippen molar-refractivity contribution >= 4 is 33.4 Å². The Kier molecular flexibility index (Phi) is 5.44. The molecular formula is C14H20ClN3O3S. The van der Waals surface area contributed by atoms with E-state index in [1.807, 2.05) is 18.2 Å². The Labute approximate surface area is 136 Å². The van der Waals surface area contributed by atoms with Crippen molar-refractivity contribution in [2.75, 3.05) is 19.6 Å². The van der Waals surface area contributed by atoms with Crippen LogP contribution in [0.5, 0.6) is 0 Å². The standard InChI is InChI=1S/C14H19N3O3S.ClH/c15-9-11-5-7-17(8-6-11)21(18,19)10-13-12-3-1-2-4-14(12)20-16-13;/h1-4,11H,5-10,15H2;1H. The molecule has 122 valence electrons. The van der Waals surface area contributed by atoms with E-state index in [2.05, 4.69) is 5.16 Å². The molecule has 0 amide bonds. The quantitative estimate of drug-likeness (QED) is 0.911. The van der Waals surface area contributed by atoms with Crippen LogP contribution in [0.1, 0.15) is 18.5 Å². The highest BCUT2D eigenvalue weighted by atomic mass is 35.5. The number of aromatic nitrogens is 1. The molecule has 2 N–H and O–H groups in total. The van der Waals surface area contributed by atoms with E-state index in [1.54, 1.807) is 10.4 Å². The fourth-order valence-electron chi connectivity index (χ4n) is 2.73. The molecule has 0 unspecified atom stereocenters. The van der Waals surface area contributed by atoms with Crippen LogP contribution in [0.3, 0.4) is 0 Å². The summed E-state index contributed by atoms with van der Waals surface area (Å²) in [5.74, 6) is 0.321. The van der Waals surface area contributed by atoms with E-state index in [0.29, 0.717) is 36.8 Å². The Morgan fingerprint density at radius 1 is 1.27 bits per heavy atom. The van der Waals surface area contributed by atoms with Crippen LogP contribution in [0.2, 0.25) is 0 Å². The number of benzene rings is 1. The van der Waals surface area contributed by atoms with E-state index < -0.39 is 10.0 Å². The van der Waals surface area contributed by atoms with Crippen molar-refractivity contribution in [3.8, 4) is 0 Å². The van der Waals surface area contributed by atoms with Crippen LogP contribution in [0.15, 0.2) is 28.8 Å². The lowest BCUT2D eigenvalue weighted by atomic mass is 9.99. The highest BCUT2D eigenvalue weighted by Gasteiger charge is 2.29. The van der Waals surface area contributed by atoms with E-state index >= 15 is 0 Å². The first-order chi connectivity index (χ1) is 10.1. The number of piperidine rings is 1. The van der Waals surface area contributed by atoms with Gasteiger partial charge in [0.1, 0.15) is 11.4 Å². The minimum Gasteiger partial charge on any atom is -0.356 e. The average molecular weight is 346 g/mol. The van der Waals surface area contributed by atoms with Crippen molar-refractivity contribution < 1.29 is 12.9 Å². The summed E-state index contributed by atoms with van der Waals surface area (Å²) in [6.45, 7) is 1.71. The molecule has 2 heterocycles. The number of para-hydroxylation sites is 1. The molecule has 1 aliphatic heterocycles. The molecule has 0 saturated carbocycles. The predicted octanol–water partition coefficient (Wildman–Crippen LogP) is 1.75. The van der Waals surface area contributed by atoms with Gasteiger partial charge in [0, 0.05) is 18.5 Å². The van der Waals surface area contributed by atoms with Crippen molar-refractivity contribution in [1.29, 1.82) is 0 Å². The minimum absolute atomic E-state index is 0. The SMILES string of the molecule is Cl.NCC1CCN(S(=O)(=O)Cc2noc3ccccc23)CC1. The summed E-state index contributed by atoms with van der Waals surface area (Å²) in [5, 5.41) is 4.67. The summed E-state index contributed by atoms with van der Waals surface area (Å²) in [6.07, 6.45) is 1.66. The van der Waals surface area contributed by atoms with Gasteiger partial charge < -0.3 is 10.3 Å². The molecule has 22 heavy (non-hydrogen) atoms. The molecular weight excluding hydrogens is 326 g/mol. The molecule has 2 aromatic rings. The molecule has 6 nitrogen and oxygen atoms in total. The average Bonchev–Trinajstić information content (AvgIpc) is 2.90. The third-order valence-corrected chi connectivity index (χ3v) is 5.86. The fourth-order valence-corrected chi connectivity index (χ4v) is 4.23. The van der Waals surface area contributed by atoms with Gasteiger partial charge in [-0.3, -0.25) is 0 Å². The minimum atomic E-state index is -3.36. The molecule has 0 bridgehead atoms. The van der Waals surface area contributed by atoms with E-state index in [-0.39, 0.29) is 18.2 Å². The Bertz CT molecular complexity index is 724. The smallest absolute Gasteiger partial charge is 0.220 e. The van der Waals surface area contributed by atoms with Gasteiger partial charge in [-0.15, -0.1) is 12.4 Å². The number of rotatable bonds is 4. The first kappa shape index (κ1) is 17.2. The normalized spacial score (nSPS) is 17.5. The molecule has 3 rings (SSSR count). The maximum Gasteiger partial charge on any atom is 0.220 e. The van der Waals surface area contributed by atoms with Crippen LogP contribution in [-0.4, -0.2) is 37.5 Å². The highest BCUT2D eigenvalue weighted by Crippen LogP contribution is 2.24. The first-order valence-corrected chi connectivity index (χ1v) is 8.72. The third-order valence-electron chi connectivity index (χ3n) is 4.07. The van der Waals surface area contributed by atoms with Crippen LogP contribution >= 0.6 is 12.4 Å². The molecule has 8 heteroatoms. The molecule has 0 spiro atoms. The lowest BCUT2D eigenvalue weighted by Crippen LogP contribution is -2.40. The van der Waals surface area contributed by atoms with Crippen molar-refractivity contribution in [2.45, 2.75) is 18.6 Å². The van der Waals surface area contributed by atoms with Crippen molar-refractivity contribution in [1.82, 2.24) is 9.46 Å². The molecule has 1 saturated heterocycles. The van der Waals surface area contributed by atoms with Gasteiger partial charge in [0.05, 0.1) is 0 Å². The Morgan fingerprint density at radius 3 is 2.64 bits per heavy atom.